The average molecular weight is 658 g/mol. The molecule has 46 heavy (non-hydrogen) atoms. The fraction of sp³-hybridized carbons (Fsp3) is 0.452. The molecule has 4 aromatic rings. The minimum atomic E-state index is -4.36. The number of methoxy groups -OCH3 is 1. The quantitative estimate of drug-likeness (QED) is 0.134. The average Bonchev–Trinajstić information content (AvgIpc) is 3.51. The number of hydrogen-bond acceptors (Lipinski definition) is 12. The first-order valence-corrected chi connectivity index (χ1v) is 16.3. The summed E-state index contributed by atoms with van der Waals surface area (Å²) in [6, 6.07) is 13.2. The van der Waals surface area contributed by atoms with Gasteiger partial charge in [0, 0.05) is 11.6 Å². The van der Waals surface area contributed by atoms with Crippen molar-refractivity contribution in [1.82, 2.24) is 19.6 Å². The normalized spacial score (nSPS) is 23.7. The highest BCUT2D eigenvalue weighted by Gasteiger charge is 2.54. The molecule has 2 aromatic heterocycles. The molecule has 0 aliphatic carbocycles. The van der Waals surface area contributed by atoms with Gasteiger partial charge >= 0.3 is 13.7 Å². The lowest BCUT2D eigenvalue weighted by molar-refractivity contribution is -0.148. The number of anilines is 1. The Kier molecular flexibility index (Phi) is 9.33. The largest absolute Gasteiger partial charge is 0.480 e. The van der Waals surface area contributed by atoms with Gasteiger partial charge in [-0.1, -0.05) is 57.2 Å². The number of aliphatic hydroxyl groups excluding tert-OH is 1. The van der Waals surface area contributed by atoms with E-state index >= 15 is 0 Å². The summed E-state index contributed by atoms with van der Waals surface area (Å²) in [5.74, 6) is -0.245. The van der Waals surface area contributed by atoms with Crippen LogP contribution in [0.25, 0.3) is 21.8 Å². The number of nitrogens with zero attached hydrogens (tertiary/aromatic N) is 3. The van der Waals surface area contributed by atoms with Crippen LogP contribution >= 0.6 is 7.75 Å². The lowest BCUT2D eigenvalue weighted by Gasteiger charge is -2.28. The van der Waals surface area contributed by atoms with Gasteiger partial charge in [-0.05, 0) is 36.8 Å². The van der Waals surface area contributed by atoms with Crippen LogP contribution in [0.2, 0.25) is 0 Å². The molecule has 1 saturated heterocycles. The molecule has 1 unspecified atom stereocenters. The highest BCUT2D eigenvalue weighted by molar-refractivity contribution is 7.52. The number of benzene rings is 2. The molecule has 0 radical (unpaired) electrons. The van der Waals surface area contributed by atoms with E-state index in [0.717, 1.165) is 5.39 Å². The molecule has 3 heterocycles. The topological polar surface area (TPSA) is 190 Å². The maximum atomic E-state index is 14.3. The number of carbonyl (C=O) groups is 1. The van der Waals surface area contributed by atoms with Crippen molar-refractivity contribution < 1.29 is 42.8 Å². The van der Waals surface area contributed by atoms with Crippen LogP contribution in [-0.4, -0.2) is 74.9 Å². The van der Waals surface area contributed by atoms with Crippen LogP contribution in [-0.2, 0) is 23.4 Å². The van der Waals surface area contributed by atoms with Crippen molar-refractivity contribution in [1.29, 1.82) is 0 Å². The van der Waals surface area contributed by atoms with Gasteiger partial charge in [0.2, 0.25) is 11.8 Å². The summed E-state index contributed by atoms with van der Waals surface area (Å²) in [5, 5.41) is 27.3. The third-order valence-corrected chi connectivity index (χ3v) is 9.11. The number of esters is 1. The van der Waals surface area contributed by atoms with Crippen molar-refractivity contribution in [3.05, 3.63) is 54.7 Å². The van der Waals surface area contributed by atoms with E-state index < -0.39 is 50.4 Å². The third kappa shape index (κ3) is 6.97. The number of nitrogens with one attached hydrogen (secondary N) is 1. The standard InChI is InChI=1S/C31H40N5O9P/c1-18(27(38)42-17-30(2,3)4)35-46(40,45-22-13-9-11-19-10-7-8-12-20(19)22)43-16-23-24(37)31(5,39)28(44-23)36-15-14-21-25(36)33-29(32)34-26(21)41-6/h7-15,18,23-24,28,37,39H,16-17H2,1-6H3,(H,35,40)(H2,32,33,34)/t18-,23+,24+,28+,31+,46?/m0/s1. The molecule has 1 aliphatic heterocycles. The van der Waals surface area contributed by atoms with E-state index in [1.165, 1.54) is 25.5 Å². The predicted octanol–water partition coefficient (Wildman–Crippen LogP) is 3.96. The van der Waals surface area contributed by atoms with E-state index in [9.17, 15) is 19.6 Å². The van der Waals surface area contributed by atoms with E-state index in [2.05, 4.69) is 15.1 Å². The Labute approximate surface area is 266 Å². The van der Waals surface area contributed by atoms with Gasteiger partial charge in [0.05, 0.1) is 25.7 Å². The van der Waals surface area contributed by atoms with Crippen molar-refractivity contribution in [3.63, 3.8) is 0 Å². The van der Waals surface area contributed by atoms with Gasteiger partial charge in [0.1, 0.15) is 29.6 Å². The molecule has 15 heteroatoms. The van der Waals surface area contributed by atoms with E-state index in [-0.39, 0.29) is 29.6 Å². The monoisotopic (exact) mass is 657 g/mol. The Hall–Kier alpha value is -3.78. The Morgan fingerprint density at radius 1 is 1.17 bits per heavy atom. The minimum absolute atomic E-state index is 0.0601. The highest BCUT2D eigenvalue weighted by atomic mass is 31.2. The molecule has 14 nitrogen and oxygen atoms in total. The van der Waals surface area contributed by atoms with Crippen molar-refractivity contribution in [2.24, 2.45) is 5.41 Å². The molecular formula is C31H40N5O9P. The Morgan fingerprint density at radius 3 is 2.61 bits per heavy atom. The zero-order valence-electron chi connectivity index (χ0n) is 26.5. The number of fused-ring (bicyclic) bond motifs is 2. The number of hydrogen-bond donors (Lipinski definition) is 4. The Morgan fingerprint density at radius 2 is 1.89 bits per heavy atom. The smallest absolute Gasteiger partial charge is 0.459 e. The molecule has 0 saturated carbocycles. The maximum absolute atomic E-state index is 14.3. The molecule has 6 atom stereocenters. The van der Waals surface area contributed by atoms with Crippen LogP contribution in [0.15, 0.2) is 54.7 Å². The fourth-order valence-electron chi connectivity index (χ4n) is 5.11. The summed E-state index contributed by atoms with van der Waals surface area (Å²) in [6.45, 7) is 8.27. The molecule has 0 spiro atoms. The summed E-state index contributed by atoms with van der Waals surface area (Å²) in [6.07, 6.45) is -2.26. The van der Waals surface area contributed by atoms with E-state index in [1.807, 2.05) is 45.0 Å². The van der Waals surface area contributed by atoms with Crippen LogP contribution in [0.4, 0.5) is 5.95 Å². The second kappa shape index (κ2) is 12.8. The van der Waals surface area contributed by atoms with Crippen LogP contribution in [0.1, 0.15) is 40.8 Å². The summed E-state index contributed by atoms with van der Waals surface area (Å²) in [7, 11) is -2.92. The van der Waals surface area contributed by atoms with Crippen LogP contribution in [0.5, 0.6) is 11.6 Å². The second-order valence-corrected chi connectivity index (χ2v) is 14.3. The number of aliphatic hydroxyl groups is 2. The summed E-state index contributed by atoms with van der Waals surface area (Å²) < 4.78 is 44.5. The first-order valence-electron chi connectivity index (χ1n) is 14.7. The molecule has 2 aromatic carbocycles. The number of ether oxygens (including phenoxy) is 3. The third-order valence-electron chi connectivity index (χ3n) is 7.48. The number of nitrogen functional groups attached to an aromatic ring is 1. The first-order chi connectivity index (χ1) is 21.6. The lowest BCUT2D eigenvalue weighted by atomic mass is 9.96. The molecule has 5 rings (SSSR count). The molecule has 5 N–H and O–H groups in total. The molecule has 1 fully saturated rings. The number of aromatic nitrogens is 3. The van der Waals surface area contributed by atoms with Gasteiger partial charge in [-0.25, -0.2) is 4.57 Å². The van der Waals surface area contributed by atoms with Gasteiger partial charge in [-0.2, -0.15) is 15.1 Å². The van der Waals surface area contributed by atoms with Gasteiger partial charge in [0.15, 0.2) is 11.9 Å². The SMILES string of the molecule is COc1nc(N)nc2c1ccn2[C@@H]1O[C@H](COP(=O)(N[C@@H](C)C(=O)OCC(C)(C)C)Oc2cccc3ccccc23)[C@@H](O)[C@@]1(C)O. The predicted molar refractivity (Wildman–Crippen MR) is 170 cm³/mol. The number of nitrogens with two attached hydrogens (primary N) is 1. The highest BCUT2D eigenvalue weighted by Crippen LogP contribution is 2.48. The molecular weight excluding hydrogens is 617 g/mol. The van der Waals surface area contributed by atoms with Gasteiger partial charge in [-0.15, -0.1) is 0 Å². The number of carbonyl (C=O) groups excluding carboxylic acids is 1. The molecule has 0 amide bonds. The Bertz CT molecular complexity index is 1770. The molecule has 0 bridgehead atoms. The fourth-order valence-corrected chi connectivity index (χ4v) is 6.63. The van der Waals surface area contributed by atoms with E-state index in [4.69, 9.17) is 29.0 Å². The summed E-state index contributed by atoms with van der Waals surface area (Å²) in [5.41, 5.74) is 4.03. The van der Waals surface area contributed by atoms with Gasteiger partial charge < -0.3 is 39.2 Å². The van der Waals surface area contributed by atoms with Crippen LogP contribution < -0.4 is 20.1 Å². The van der Waals surface area contributed by atoms with Crippen LogP contribution in [0.3, 0.4) is 0 Å². The van der Waals surface area contributed by atoms with Crippen molar-refractivity contribution in [2.45, 2.75) is 64.7 Å². The maximum Gasteiger partial charge on any atom is 0.459 e. The lowest BCUT2D eigenvalue weighted by Crippen LogP contribution is -2.44. The minimum Gasteiger partial charge on any atom is -0.480 e. The zero-order chi connectivity index (χ0) is 33.4. The second-order valence-electron chi connectivity index (χ2n) is 12.6. The van der Waals surface area contributed by atoms with E-state index in [0.29, 0.717) is 16.4 Å². The van der Waals surface area contributed by atoms with Gasteiger partial charge in [0.25, 0.3) is 0 Å². The molecule has 1 aliphatic rings. The number of rotatable bonds is 11. The zero-order valence-corrected chi connectivity index (χ0v) is 27.4. The van der Waals surface area contributed by atoms with Gasteiger partial charge in [-0.3, -0.25) is 9.32 Å². The van der Waals surface area contributed by atoms with E-state index in [1.54, 1.807) is 30.5 Å². The molecule has 248 valence electrons. The summed E-state index contributed by atoms with van der Waals surface area (Å²) in [4.78, 5) is 21.2. The van der Waals surface area contributed by atoms with Crippen molar-refractivity contribution in [3.8, 4) is 11.6 Å². The first kappa shape index (κ1) is 33.6. The Balaban J connectivity index is 1.40. The van der Waals surface area contributed by atoms with Crippen LogP contribution in [0, 0.1) is 5.41 Å². The summed E-state index contributed by atoms with van der Waals surface area (Å²) >= 11 is 0. The van der Waals surface area contributed by atoms with Crippen molar-refractivity contribution >= 4 is 41.5 Å². The van der Waals surface area contributed by atoms with Crippen molar-refractivity contribution in [2.75, 3.05) is 26.1 Å².